The fraction of sp³-hybridized carbons (Fsp3) is 0.294. The molecule has 1 atom stereocenters. The number of aliphatic hydroxyl groups is 1. The molecule has 2 rings (SSSR count). The molecule has 0 bridgehead atoms. The molecule has 0 amide bonds. The molecule has 2 nitrogen and oxygen atoms in total. The van der Waals surface area contributed by atoms with E-state index in [1.165, 1.54) is 5.56 Å². The average molecular weight is 334 g/mol. The second-order valence-electron chi connectivity index (χ2n) is 4.97. The van der Waals surface area contributed by atoms with Gasteiger partial charge in [0.05, 0.1) is 6.10 Å². The van der Waals surface area contributed by atoms with Crippen molar-refractivity contribution < 1.29 is 5.11 Å². The van der Waals surface area contributed by atoms with Gasteiger partial charge in [-0.1, -0.05) is 53.2 Å². The zero-order valence-corrected chi connectivity index (χ0v) is 13.5. The van der Waals surface area contributed by atoms with Gasteiger partial charge in [0.25, 0.3) is 0 Å². The molecule has 20 heavy (non-hydrogen) atoms. The first-order valence-electron chi connectivity index (χ1n) is 6.84. The van der Waals surface area contributed by atoms with Crippen LogP contribution in [0.3, 0.4) is 0 Å². The predicted molar refractivity (Wildman–Crippen MR) is 87.9 cm³/mol. The van der Waals surface area contributed by atoms with E-state index < -0.39 is 6.10 Å². The molecular weight excluding hydrogens is 314 g/mol. The Labute approximate surface area is 129 Å². The monoisotopic (exact) mass is 333 g/mol. The number of anilines is 1. The summed E-state index contributed by atoms with van der Waals surface area (Å²) in [5.41, 5.74) is 3.33. The minimum atomic E-state index is -0.404. The van der Waals surface area contributed by atoms with E-state index in [0.717, 1.165) is 28.7 Å². The van der Waals surface area contributed by atoms with Crippen LogP contribution in [0.2, 0.25) is 0 Å². The Morgan fingerprint density at radius 1 is 1.10 bits per heavy atom. The highest BCUT2D eigenvalue weighted by Crippen LogP contribution is 2.28. The van der Waals surface area contributed by atoms with Crippen molar-refractivity contribution >= 4 is 21.6 Å². The van der Waals surface area contributed by atoms with Crippen molar-refractivity contribution in [2.75, 3.05) is 11.9 Å². The predicted octanol–water partition coefficient (Wildman–Crippen LogP) is 4.53. The van der Waals surface area contributed by atoms with Crippen molar-refractivity contribution in [3.05, 3.63) is 64.1 Å². The molecule has 1 N–H and O–H groups in total. The van der Waals surface area contributed by atoms with E-state index in [1.54, 1.807) is 0 Å². The van der Waals surface area contributed by atoms with Gasteiger partial charge in [0.15, 0.2) is 0 Å². The smallest absolute Gasteiger partial charge is 0.0807 e. The number of hydrogen-bond acceptors (Lipinski definition) is 2. The number of rotatable bonds is 5. The third-order valence-corrected chi connectivity index (χ3v) is 3.96. The molecule has 0 heterocycles. The van der Waals surface area contributed by atoms with Crippen LogP contribution < -0.4 is 4.90 Å². The normalized spacial score (nSPS) is 12.2. The Bertz CT molecular complexity index is 553. The van der Waals surface area contributed by atoms with Gasteiger partial charge in [-0.25, -0.2) is 0 Å². The molecule has 0 aliphatic carbocycles. The highest BCUT2D eigenvalue weighted by Gasteiger charge is 2.13. The van der Waals surface area contributed by atoms with Gasteiger partial charge >= 0.3 is 0 Å². The lowest BCUT2D eigenvalue weighted by Crippen LogP contribution is -2.18. The summed E-state index contributed by atoms with van der Waals surface area (Å²) < 4.78 is 1.09. The topological polar surface area (TPSA) is 23.5 Å². The van der Waals surface area contributed by atoms with E-state index in [0.29, 0.717) is 0 Å². The lowest BCUT2D eigenvalue weighted by atomic mass is 10.0. The van der Waals surface area contributed by atoms with E-state index in [9.17, 15) is 5.11 Å². The lowest BCUT2D eigenvalue weighted by molar-refractivity contribution is 0.174. The van der Waals surface area contributed by atoms with E-state index in [2.05, 4.69) is 58.2 Å². The molecule has 0 saturated carbocycles. The highest BCUT2D eigenvalue weighted by molar-refractivity contribution is 9.10. The molecular formula is C17H20BrNO. The fourth-order valence-corrected chi connectivity index (χ4v) is 2.55. The van der Waals surface area contributed by atoms with Crippen LogP contribution in [0.4, 0.5) is 5.69 Å². The first-order chi connectivity index (χ1) is 9.61. The summed E-state index contributed by atoms with van der Waals surface area (Å²) in [5, 5.41) is 10.1. The van der Waals surface area contributed by atoms with Crippen LogP contribution in [0.15, 0.2) is 53.0 Å². The van der Waals surface area contributed by atoms with Crippen LogP contribution in [-0.2, 0) is 6.54 Å². The summed E-state index contributed by atoms with van der Waals surface area (Å²) in [4.78, 5) is 2.18. The van der Waals surface area contributed by atoms with Gasteiger partial charge < -0.3 is 10.0 Å². The summed E-state index contributed by atoms with van der Waals surface area (Å²) >= 11 is 3.45. The molecule has 0 fully saturated rings. The molecule has 0 aliphatic rings. The van der Waals surface area contributed by atoms with Gasteiger partial charge in [0.1, 0.15) is 0 Å². The van der Waals surface area contributed by atoms with Crippen molar-refractivity contribution in [2.45, 2.75) is 26.0 Å². The van der Waals surface area contributed by atoms with Gasteiger partial charge in [-0.15, -0.1) is 0 Å². The van der Waals surface area contributed by atoms with Gasteiger partial charge in [0.2, 0.25) is 0 Å². The van der Waals surface area contributed by atoms with Crippen LogP contribution in [-0.4, -0.2) is 12.2 Å². The first kappa shape index (κ1) is 15.1. The number of halogens is 1. The molecule has 106 valence electrons. The molecule has 0 aromatic heterocycles. The summed E-state index contributed by atoms with van der Waals surface area (Å²) in [6.07, 6.45) is 0.321. The summed E-state index contributed by atoms with van der Waals surface area (Å²) in [7, 11) is 2.06. The van der Waals surface area contributed by atoms with Crippen LogP contribution in [0.25, 0.3) is 0 Å². The van der Waals surface area contributed by atoms with Crippen molar-refractivity contribution in [1.82, 2.24) is 0 Å². The van der Waals surface area contributed by atoms with Crippen LogP contribution in [0.1, 0.15) is 30.6 Å². The SMILES string of the molecule is CC[C@H](O)c1ccccc1N(C)Cc1ccc(Br)cc1. The van der Waals surface area contributed by atoms with Gasteiger partial charge in [0, 0.05) is 29.3 Å². The number of hydrogen-bond donors (Lipinski definition) is 1. The largest absolute Gasteiger partial charge is 0.388 e. The van der Waals surface area contributed by atoms with E-state index >= 15 is 0 Å². The summed E-state index contributed by atoms with van der Waals surface area (Å²) in [5.74, 6) is 0. The van der Waals surface area contributed by atoms with Gasteiger partial charge in [-0.05, 0) is 30.2 Å². The minimum Gasteiger partial charge on any atom is -0.388 e. The van der Waals surface area contributed by atoms with Crippen LogP contribution >= 0.6 is 15.9 Å². The van der Waals surface area contributed by atoms with E-state index in [1.807, 2.05) is 25.1 Å². The fourth-order valence-electron chi connectivity index (χ4n) is 2.29. The Kier molecular flexibility index (Phi) is 5.21. The zero-order chi connectivity index (χ0) is 14.5. The molecule has 3 heteroatoms. The van der Waals surface area contributed by atoms with Crippen molar-refractivity contribution in [3.8, 4) is 0 Å². The van der Waals surface area contributed by atoms with Crippen molar-refractivity contribution in [3.63, 3.8) is 0 Å². The molecule has 2 aromatic rings. The maximum atomic E-state index is 10.1. The molecule has 0 spiro atoms. The van der Waals surface area contributed by atoms with Crippen LogP contribution in [0.5, 0.6) is 0 Å². The number of benzene rings is 2. The van der Waals surface area contributed by atoms with Crippen molar-refractivity contribution in [1.29, 1.82) is 0 Å². The third kappa shape index (κ3) is 3.62. The Morgan fingerprint density at radius 2 is 1.75 bits per heavy atom. The quantitative estimate of drug-likeness (QED) is 0.868. The van der Waals surface area contributed by atoms with Crippen LogP contribution in [0, 0.1) is 0 Å². The summed E-state index contributed by atoms with van der Waals surface area (Å²) in [6, 6.07) is 16.4. The molecule has 0 saturated heterocycles. The third-order valence-electron chi connectivity index (χ3n) is 3.43. The van der Waals surface area contributed by atoms with E-state index in [-0.39, 0.29) is 0 Å². The number of aliphatic hydroxyl groups excluding tert-OH is 1. The average Bonchev–Trinajstić information content (AvgIpc) is 2.48. The highest BCUT2D eigenvalue weighted by atomic mass is 79.9. The Hall–Kier alpha value is -1.32. The maximum Gasteiger partial charge on any atom is 0.0807 e. The Morgan fingerprint density at radius 3 is 2.40 bits per heavy atom. The number of para-hydroxylation sites is 1. The van der Waals surface area contributed by atoms with Gasteiger partial charge in [-0.3, -0.25) is 0 Å². The second-order valence-corrected chi connectivity index (χ2v) is 5.88. The number of nitrogens with zero attached hydrogens (tertiary/aromatic N) is 1. The lowest BCUT2D eigenvalue weighted by Gasteiger charge is -2.24. The second kappa shape index (κ2) is 6.91. The standard InChI is InChI=1S/C17H20BrNO/c1-3-17(20)15-6-4-5-7-16(15)19(2)12-13-8-10-14(18)11-9-13/h4-11,17,20H,3,12H2,1-2H3/t17-/m0/s1. The van der Waals surface area contributed by atoms with Gasteiger partial charge in [-0.2, -0.15) is 0 Å². The molecule has 0 aliphatic heterocycles. The molecule has 0 radical (unpaired) electrons. The summed E-state index contributed by atoms with van der Waals surface area (Å²) in [6.45, 7) is 2.82. The molecule has 0 unspecified atom stereocenters. The van der Waals surface area contributed by atoms with E-state index in [4.69, 9.17) is 0 Å². The Balaban J connectivity index is 2.20. The first-order valence-corrected chi connectivity index (χ1v) is 7.63. The zero-order valence-electron chi connectivity index (χ0n) is 11.9. The molecule has 2 aromatic carbocycles. The maximum absolute atomic E-state index is 10.1. The minimum absolute atomic E-state index is 0.404. The van der Waals surface area contributed by atoms with Crippen molar-refractivity contribution in [2.24, 2.45) is 0 Å².